The van der Waals surface area contributed by atoms with Gasteiger partial charge in [-0.15, -0.1) is 0 Å². The molecule has 0 spiro atoms. The average Bonchev–Trinajstić information content (AvgIpc) is 3.20. The van der Waals surface area contributed by atoms with Crippen molar-refractivity contribution in [2.45, 2.75) is 97.6 Å². The largest absolute Gasteiger partial charge is 0.522 e. The standard InChI is InChI=1S/C28H42BN2O3P/c1-20(2)22-14-12-15-23(21(3)4)26(22)30(35-33-24-16-10-11-17-25(24)34-35)29(32-9)31-27(5,6)18-13-19-28(31,7)8/h10-12,14-17,20-21H,13,18-19H2,1-9H3. The summed E-state index contributed by atoms with van der Waals surface area (Å²) in [5.41, 5.74) is 3.66. The molecule has 7 heteroatoms. The van der Waals surface area contributed by atoms with Crippen molar-refractivity contribution in [3.8, 4) is 11.5 Å². The molecule has 2 aliphatic rings. The first-order valence-corrected chi connectivity index (χ1v) is 14.1. The molecular weight excluding hydrogens is 454 g/mol. The van der Waals surface area contributed by atoms with Gasteiger partial charge in [-0.25, -0.2) is 0 Å². The molecule has 0 aliphatic carbocycles. The molecule has 2 aromatic carbocycles. The van der Waals surface area contributed by atoms with Gasteiger partial charge in [0.2, 0.25) is 0 Å². The van der Waals surface area contributed by atoms with E-state index in [0.717, 1.165) is 24.3 Å². The first-order chi connectivity index (χ1) is 16.5. The van der Waals surface area contributed by atoms with Crippen LogP contribution in [0.3, 0.4) is 0 Å². The number of nitrogens with zero attached hydrogens (tertiary/aromatic N) is 2. The fraction of sp³-hybridized carbons (Fsp3) is 0.571. The monoisotopic (exact) mass is 496 g/mol. The van der Waals surface area contributed by atoms with E-state index < -0.39 is 8.53 Å². The van der Waals surface area contributed by atoms with E-state index in [0.29, 0.717) is 11.8 Å². The maximum absolute atomic E-state index is 6.56. The Hall–Kier alpha value is -1.75. The zero-order chi connectivity index (χ0) is 25.5. The molecule has 1 saturated heterocycles. The van der Waals surface area contributed by atoms with Gasteiger partial charge in [0.15, 0.2) is 11.5 Å². The van der Waals surface area contributed by atoms with Crippen LogP contribution in [0.2, 0.25) is 0 Å². The third-order valence-corrected chi connectivity index (χ3v) is 8.93. The topological polar surface area (TPSA) is 34.2 Å². The highest BCUT2D eigenvalue weighted by Crippen LogP contribution is 2.58. The molecule has 0 amide bonds. The number of benzene rings is 2. The number of piperidine rings is 1. The average molecular weight is 496 g/mol. The predicted octanol–water partition coefficient (Wildman–Crippen LogP) is 8.11. The number of rotatable bonds is 7. The van der Waals surface area contributed by atoms with Crippen molar-refractivity contribution >= 4 is 21.4 Å². The summed E-state index contributed by atoms with van der Waals surface area (Å²) >= 11 is 0. The van der Waals surface area contributed by atoms with Crippen LogP contribution in [0, 0.1) is 0 Å². The fourth-order valence-corrected chi connectivity index (χ4v) is 7.46. The maximum atomic E-state index is 6.56. The molecule has 0 radical (unpaired) electrons. The number of para-hydroxylation sites is 3. The second kappa shape index (κ2) is 9.96. The number of anilines is 1. The van der Waals surface area contributed by atoms with Gasteiger partial charge in [0, 0.05) is 23.9 Å². The van der Waals surface area contributed by atoms with Gasteiger partial charge in [0.1, 0.15) is 0 Å². The second-order valence-corrected chi connectivity index (χ2v) is 13.0. The Balaban J connectivity index is 1.93. The molecular formula is C28H42BN2O3P. The molecule has 5 nitrogen and oxygen atoms in total. The van der Waals surface area contributed by atoms with Crippen LogP contribution in [0.1, 0.15) is 97.6 Å². The molecule has 0 aromatic heterocycles. The van der Waals surface area contributed by atoms with Crippen LogP contribution in [-0.2, 0) is 4.65 Å². The van der Waals surface area contributed by atoms with E-state index in [9.17, 15) is 0 Å². The molecule has 4 rings (SSSR count). The van der Waals surface area contributed by atoms with Crippen LogP contribution in [0.5, 0.6) is 11.5 Å². The molecule has 2 heterocycles. The minimum atomic E-state index is -1.48. The summed E-state index contributed by atoms with van der Waals surface area (Å²) in [6, 6.07) is 14.7. The van der Waals surface area contributed by atoms with Gasteiger partial charge in [-0.2, -0.15) is 0 Å². The molecule has 0 saturated carbocycles. The molecule has 190 valence electrons. The lowest BCUT2D eigenvalue weighted by atomic mass is 9.71. The van der Waals surface area contributed by atoms with Gasteiger partial charge < -0.3 is 13.7 Å². The highest BCUT2D eigenvalue weighted by Gasteiger charge is 2.55. The minimum absolute atomic E-state index is 0.0483. The Bertz CT molecular complexity index is 975. The molecule has 1 fully saturated rings. The minimum Gasteiger partial charge on any atom is -0.419 e. The summed E-state index contributed by atoms with van der Waals surface area (Å²) < 4.78 is 21.9. The lowest BCUT2D eigenvalue weighted by Gasteiger charge is -2.56. The number of fused-ring (bicyclic) bond motifs is 1. The smallest absolute Gasteiger partial charge is 0.419 e. The number of hydrogen-bond donors (Lipinski definition) is 0. The van der Waals surface area contributed by atoms with E-state index in [1.807, 2.05) is 31.4 Å². The predicted molar refractivity (Wildman–Crippen MR) is 148 cm³/mol. The van der Waals surface area contributed by atoms with E-state index in [1.165, 1.54) is 23.2 Å². The van der Waals surface area contributed by atoms with Crippen molar-refractivity contribution in [3.05, 3.63) is 53.6 Å². The zero-order valence-corrected chi connectivity index (χ0v) is 23.9. The van der Waals surface area contributed by atoms with E-state index in [4.69, 9.17) is 13.7 Å². The first-order valence-electron chi connectivity index (χ1n) is 13.0. The van der Waals surface area contributed by atoms with Crippen molar-refractivity contribution in [2.75, 3.05) is 11.7 Å². The van der Waals surface area contributed by atoms with Crippen molar-refractivity contribution in [1.82, 2.24) is 4.81 Å². The van der Waals surface area contributed by atoms with E-state index in [-0.39, 0.29) is 18.3 Å². The van der Waals surface area contributed by atoms with Crippen molar-refractivity contribution in [3.63, 3.8) is 0 Å². The van der Waals surface area contributed by atoms with Gasteiger partial charge in [-0.05, 0) is 82.1 Å². The Morgan fingerprint density at radius 2 is 1.34 bits per heavy atom. The van der Waals surface area contributed by atoms with Gasteiger partial charge in [-0.3, -0.25) is 9.39 Å². The van der Waals surface area contributed by atoms with Crippen LogP contribution < -0.4 is 13.6 Å². The number of hydrogen-bond acceptors (Lipinski definition) is 5. The molecule has 35 heavy (non-hydrogen) atoms. The SMILES string of the molecule is COB(N(c1c(C(C)C)cccc1C(C)C)P1Oc2ccccc2O1)N1C(C)(C)CCCC1(C)C. The summed E-state index contributed by atoms with van der Waals surface area (Å²) in [6.45, 7) is 18.4. The molecule has 2 aliphatic heterocycles. The van der Waals surface area contributed by atoms with E-state index in [2.05, 4.69) is 83.0 Å². The van der Waals surface area contributed by atoms with Crippen molar-refractivity contribution in [2.24, 2.45) is 0 Å². The van der Waals surface area contributed by atoms with Crippen molar-refractivity contribution in [1.29, 1.82) is 0 Å². The summed E-state index contributed by atoms with van der Waals surface area (Å²) in [4.78, 5) is 2.56. The van der Waals surface area contributed by atoms with Gasteiger partial charge in [0.05, 0.1) is 0 Å². The third-order valence-electron chi connectivity index (χ3n) is 7.47. The van der Waals surface area contributed by atoms with Gasteiger partial charge in [-0.1, -0.05) is 58.0 Å². The first kappa shape index (κ1) is 26.3. The van der Waals surface area contributed by atoms with Gasteiger partial charge in [0.25, 0.3) is 0 Å². The van der Waals surface area contributed by atoms with Crippen LogP contribution >= 0.6 is 8.53 Å². The summed E-state index contributed by atoms with van der Waals surface area (Å²) in [6.07, 6.45) is 3.44. The summed E-state index contributed by atoms with van der Waals surface area (Å²) in [5, 5.41) is 0. The lowest BCUT2D eigenvalue weighted by molar-refractivity contribution is 0.0317. The van der Waals surface area contributed by atoms with Crippen LogP contribution in [0.4, 0.5) is 5.69 Å². The van der Waals surface area contributed by atoms with Crippen LogP contribution in [0.15, 0.2) is 42.5 Å². The van der Waals surface area contributed by atoms with Crippen molar-refractivity contribution < 1.29 is 13.7 Å². The zero-order valence-electron chi connectivity index (χ0n) is 23.0. The molecule has 2 aromatic rings. The molecule has 0 bridgehead atoms. The second-order valence-electron chi connectivity index (χ2n) is 11.7. The Kier molecular flexibility index (Phi) is 7.49. The van der Waals surface area contributed by atoms with E-state index in [1.54, 1.807) is 0 Å². The third kappa shape index (κ3) is 4.95. The normalized spacial score (nSPS) is 19.4. The highest BCUT2D eigenvalue weighted by molar-refractivity contribution is 7.53. The van der Waals surface area contributed by atoms with Gasteiger partial charge >= 0.3 is 15.7 Å². The van der Waals surface area contributed by atoms with Crippen LogP contribution in [0.25, 0.3) is 0 Å². The Morgan fingerprint density at radius 3 is 1.77 bits per heavy atom. The Morgan fingerprint density at radius 1 is 0.857 bits per heavy atom. The molecule has 0 atom stereocenters. The maximum Gasteiger partial charge on any atom is 0.522 e. The summed E-state index contributed by atoms with van der Waals surface area (Å²) in [5.74, 6) is 2.27. The quantitative estimate of drug-likeness (QED) is 0.286. The Labute approximate surface area is 214 Å². The van der Waals surface area contributed by atoms with Crippen LogP contribution in [-0.4, -0.2) is 30.2 Å². The van der Waals surface area contributed by atoms with E-state index >= 15 is 0 Å². The highest BCUT2D eigenvalue weighted by atomic mass is 31.2. The summed E-state index contributed by atoms with van der Waals surface area (Å²) in [7, 11) is -0.00538. The molecule has 0 unspecified atom stereocenters. The lowest BCUT2D eigenvalue weighted by Crippen LogP contribution is -2.69. The molecule has 0 N–H and O–H groups in total. The fourth-order valence-electron chi connectivity index (χ4n) is 5.85.